The highest BCUT2D eigenvalue weighted by atomic mass is 16.2. The van der Waals surface area contributed by atoms with Crippen molar-refractivity contribution in [2.75, 3.05) is 26.2 Å². The number of hydrogen-bond acceptors (Lipinski definition) is 2. The van der Waals surface area contributed by atoms with E-state index in [0.29, 0.717) is 0 Å². The number of nitrogens with zero attached hydrogens (tertiary/aromatic N) is 2. The average molecular weight is 325 g/mol. The Balaban J connectivity index is 1.90. The molecule has 1 aromatic carbocycles. The zero-order valence-electron chi connectivity index (χ0n) is 14.9. The standard InChI is InChI=1S/C20H27N3O/c1-15-14-19(20(24)22-12-7-10-21-11-13-22)17(3)23(15)16(2)18-8-5-4-6-9-18/h4-6,8-9,14,16,21H,7,10-13H2,1-3H3. The maximum absolute atomic E-state index is 13.0. The number of aromatic nitrogens is 1. The molecule has 128 valence electrons. The molecule has 1 unspecified atom stereocenters. The van der Waals surface area contributed by atoms with Gasteiger partial charge in [-0.25, -0.2) is 0 Å². The molecule has 2 heterocycles. The Hall–Kier alpha value is -2.07. The SMILES string of the molecule is Cc1cc(C(=O)N2CCCNCC2)c(C)n1C(C)c1ccccc1. The Morgan fingerprint density at radius 3 is 2.62 bits per heavy atom. The number of amides is 1. The fraction of sp³-hybridized carbons (Fsp3) is 0.450. The van der Waals surface area contributed by atoms with Gasteiger partial charge in [0.1, 0.15) is 0 Å². The summed E-state index contributed by atoms with van der Waals surface area (Å²) in [7, 11) is 0. The van der Waals surface area contributed by atoms with E-state index in [2.05, 4.69) is 61.0 Å². The van der Waals surface area contributed by atoms with Gasteiger partial charge in [0, 0.05) is 31.0 Å². The molecule has 0 radical (unpaired) electrons. The molecule has 0 bridgehead atoms. The third-order valence-corrected chi connectivity index (χ3v) is 5.01. The first kappa shape index (κ1) is 16.8. The monoisotopic (exact) mass is 325 g/mol. The van der Waals surface area contributed by atoms with Gasteiger partial charge in [0.2, 0.25) is 0 Å². The summed E-state index contributed by atoms with van der Waals surface area (Å²) in [5.74, 6) is 0.165. The van der Waals surface area contributed by atoms with Crippen LogP contribution >= 0.6 is 0 Å². The van der Waals surface area contributed by atoms with E-state index in [1.54, 1.807) is 0 Å². The van der Waals surface area contributed by atoms with Gasteiger partial charge in [0.15, 0.2) is 0 Å². The van der Waals surface area contributed by atoms with E-state index >= 15 is 0 Å². The van der Waals surface area contributed by atoms with Crippen molar-refractivity contribution in [3.63, 3.8) is 0 Å². The molecule has 1 aliphatic heterocycles. The lowest BCUT2D eigenvalue weighted by Gasteiger charge is -2.21. The molecule has 4 nitrogen and oxygen atoms in total. The largest absolute Gasteiger partial charge is 0.341 e. The van der Waals surface area contributed by atoms with E-state index in [0.717, 1.165) is 49.6 Å². The van der Waals surface area contributed by atoms with Crippen molar-refractivity contribution in [2.45, 2.75) is 33.2 Å². The molecule has 1 atom stereocenters. The van der Waals surface area contributed by atoms with Gasteiger partial charge in [0.05, 0.1) is 11.6 Å². The summed E-state index contributed by atoms with van der Waals surface area (Å²) in [6.45, 7) is 9.85. The number of carbonyl (C=O) groups excluding carboxylic acids is 1. The van der Waals surface area contributed by atoms with Gasteiger partial charge >= 0.3 is 0 Å². The zero-order valence-corrected chi connectivity index (χ0v) is 14.9. The number of nitrogens with one attached hydrogen (secondary N) is 1. The molecule has 1 N–H and O–H groups in total. The number of hydrogen-bond donors (Lipinski definition) is 1. The normalized spacial score (nSPS) is 16.7. The van der Waals surface area contributed by atoms with Crippen LogP contribution in [0, 0.1) is 13.8 Å². The van der Waals surface area contributed by atoms with E-state index in [9.17, 15) is 4.79 Å². The Morgan fingerprint density at radius 2 is 1.88 bits per heavy atom. The van der Waals surface area contributed by atoms with Crippen molar-refractivity contribution in [2.24, 2.45) is 0 Å². The van der Waals surface area contributed by atoms with Crippen LogP contribution in [0.2, 0.25) is 0 Å². The summed E-state index contributed by atoms with van der Waals surface area (Å²) in [5, 5.41) is 3.36. The van der Waals surface area contributed by atoms with Crippen molar-refractivity contribution in [1.82, 2.24) is 14.8 Å². The number of rotatable bonds is 3. The van der Waals surface area contributed by atoms with Crippen LogP contribution in [0.3, 0.4) is 0 Å². The summed E-state index contributed by atoms with van der Waals surface area (Å²) in [4.78, 5) is 15.0. The molecule has 1 aliphatic rings. The molecule has 1 amide bonds. The van der Waals surface area contributed by atoms with Gasteiger partial charge in [-0.15, -0.1) is 0 Å². The molecule has 3 rings (SSSR count). The summed E-state index contributed by atoms with van der Waals surface area (Å²) in [5.41, 5.74) is 4.31. The van der Waals surface area contributed by atoms with Crippen LogP contribution in [-0.2, 0) is 0 Å². The molecule has 0 aliphatic carbocycles. The first-order valence-electron chi connectivity index (χ1n) is 8.83. The van der Waals surface area contributed by atoms with E-state index < -0.39 is 0 Å². The lowest BCUT2D eigenvalue weighted by Crippen LogP contribution is -2.34. The lowest BCUT2D eigenvalue weighted by molar-refractivity contribution is 0.0765. The Bertz CT molecular complexity index is 697. The van der Waals surface area contributed by atoms with E-state index in [-0.39, 0.29) is 11.9 Å². The quantitative estimate of drug-likeness (QED) is 0.941. The van der Waals surface area contributed by atoms with Crippen LogP contribution in [0.4, 0.5) is 0 Å². The summed E-state index contributed by atoms with van der Waals surface area (Å²) < 4.78 is 2.28. The van der Waals surface area contributed by atoms with Gasteiger partial charge in [-0.1, -0.05) is 30.3 Å². The predicted molar refractivity (Wildman–Crippen MR) is 97.6 cm³/mol. The van der Waals surface area contributed by atoms with Crippen molar-refractivity contribution >= 4 is 5.91 Å². The van der Waals surface area contributed by atoms with E-state index in [1.807, 2.05) is 11.0 Å². The van der Waals surface area contributed by atoms with Crippen LogP contribution in [0.1, 0.15) is 46.7 Å². The summed E-state index contributed by atoms with van der Waals surface area (Å²) in [6, 6.07) is 12.7. The van der Waals surface area contributed by atoms with E-state index in [4.69, 9.17) is 0 Å². The van der Waals surface area contributed by atoms with Crippen LogP contribution in [0.5, 0.6) is 0 Å². The third kappa shape index (κ3) is 3.24. The first-order valence-corrected chi connectivity index (χ1v) is 8.83. The second-order valence-electron chi connectivity index (χ2n) is 6.64. The van der Waals surface area contributed by atoms with Gasteiger partial charge in [0.25, 0.3) is 5.91 Å². The van der Waals surface area contributed by atoms with Crippen molar-refractivity contribution in [3.05, 3.63) is 58.9 Å². The van der Waals surface area contributed by atoms with Crippen molar-refractivity contribution < 1.29 is 4.79 Å². The van der Waals surface area contributed by atoms with Crippen molar-refractivity contribution in [3.8, 4) is 0 Å². The molecular formula is C20H27N3O. The fourth-order valence-electron chi connectivity index (χ4n) is 3.69. The van der Waals surface area contributed by atoms with Gasteiger partial charge < -0.3 is 14.8 Å². The second kappa shape index (κ2) is 7.22. The molecule has 1 fully saturated rings. The second-order valence-corrected chi connectivity index (χ2v) is 6.64. The third-order valence-electron chi connectivity index (χ3n) is 5.01. The fourth-order valence-corrected chi connectivity index (χ4v) is 3.69. The maximum atomic E-state index is 13.0. The van der Waals surface area contributed by atoms with Crippen LogP contribution in [-0.4, -0.2) is 41.6 Å². The highest BCUT2D eigenvalue weighted by molar-refractivity contribution is 5.95. The number of aryl methyl sites for hydroxylation is 1. The average Bonchev–Trinajstić information content (AvgIpc) is 2.79. The molecule has 0 spiro atoms. The number of benzene rings is 1. The molecule has 0 saturated carbocycles. The summed E-state index contributed by atoms with van der Waals surface area (Å²) >= 11 is 0. The van der Waals surface area contributed by atoms with Crippen LogP contribution in [0.15, 0.2) is 36.4 Å². The van der Waals surface area contributed by atoms with Gasteiger partial charge in [-0.2, -0.15) is 0 Å². The summed E-state index contributed by atoms with van der Waals surface area (Å²) in [6.07, 6.45) is 1.02. The Morgan fingerprint density at radius 1 is 1.12 bits per heavy atom. The zero-order chi connectivity index (χ0) is 17.1. The predicted octanol–water partition coefficient (Wildman–Crippen LogP) is 3.15. The highest BCUT2D eigenvalue weighted by Crippen LogP contribution is 2.26. The lowest BCUT2D eigenvalue weighted by atomic mass is 10.1. The van der Waals surface area contributed by atoms with Gasteiger partial charge in [-0.05, 0) is 45.4 Å². The topological polar surface area (TPSA) is 37.3 Å². The van der Waals surface area contributed by atoms with Crippen LogP contribution in [0.25, 0.3) is 0 Å². The van der Waals surface area contributed by atoms with Crippen molar-refractivity contribution in [1.29, 1.82) is 0 Å². The molecule has 4 heteroatoms. The number of carbonyl (C=O) groups is 1. The highest BCUT2D eigenvalue weighted by Gasteiger charge is 2.23. The van der Waals surface area contributed by atoms with E-state index in [1.165, 1.54) is 5.56 Å². The first-order chi connectivity index (χ1) is 11.6. The smallest absolute Gasteiger partial charge is 0.255 e. The minimum atomic E-state index is 0.165. The maximum Gasteiger partial charge on any atom is 0.255 e. The minimum Gasteiger partial charge on any atom is -0.341 e. The van der Waals surface area contributed by atoms with Gasteiger partial charge in [-0.3, -0.25) is 4.79 Å². The molecule has 2 aromatic rings. The molecular weight excluding hydrogens is 298 g/mol. The molecule has 24 heavy (non-hydrogen) atoms. The Labute approximate surface area is 144 Å². The Kier molecular flexibility index (Phi) is 5.05. The molecule has 1 aromatic heterocycles. The minimum absolute atomic E-state index is 0.165. The van der Waals surface area contributed by atoms with Crippen LogP contribution < -0.4 is 5.32 Å². The molecule has 1 saturated heterocycles.